The van der Waals surface area contributed by atoms with Crippen LogP contribution in [0.1, 0.15) is 26.3 Å². The monoisotopic (exact) mass is 271 g/mol. The first-order chi connectivity index (χ1) is 9.59. The van der Waals surface area contributed by atoms with Crippen LogP contribution in [0.2, 0.25) is 0 Å². The van der Waals surface area contributed by atoms with Crippen molar-refractivity contribution in [3.05, 3.63) is 71.3 Å². The topological polar surface area (TPSA) is 77.8 Å². The number of hydroxylamine groups is 2. The molecule has 5 nitrogen and oxygen atoms in total. The molecule has 102 valence electrons. The van der Waals surface area contributed by atoms with Crippen LogP contribution in [-0.2, 0) is 6.54 Å². The highest BCUT2D eigenvalue weighted by Gasteiger charge is 2.20. The Morgan fingerprint density at radius 3 is 2.05 bits per heavy atom. The lowest BCUT2D eigenvalue weighted by Crippen LogP contribution is -2.28. The number of aromatic carboxylic acids is 1. The summed E-state index contributed by atoms with van der Waals surface area (Å²) < 4.78 is 0. The van der Waals surface area contributed by atoms with Crippen molar-refractivity contribution in [2.45, 2.75) is 6.54 Å². The molecule has 20 heavy (non-hydrogen) atoms. The Balaban J connectivity index is 2.21. The smallest absolute Gasteiger partial charge is 0.336 e. The first kappa shape index (κ1) is 13.8. The fourth-order valence-electron chi connectivity index (χ4n) is 1.82. The molecule has 0 atom stereocenters. The molecular formula is C15H13NO4. The van der Waals surface area contributed by atoms with Gasteiger partial charge >= 0.3 is 5.97 Å². The maximum atomic E-state index is 12.1. The molecule has 5 heteroatoms. The molecule has 0 unspecified atom stereocenters. The van der Waals surface area contributed by atoms with Gasteiger partial charge in [-0.1, -0.05) is 42.5 Å². The van der Waals surface area contributed by atoms with Crippen molar-refractivity contribution >= 4 is 11.9 Å². The zero-order valence-corrected chi connectivity index (χ0v) is 10.6. The summed E-state index contributed by atoms with van der Waals surface area (Å²) in [5.41, 5.74) is 0.569. The van der Waals surface area contributed by atoms with Gasteiger partial charge in [-0.3, -0.25) is 10.0 Å². The van der Waals surface area contributed by atoms with E-state index < -0.39 is 11.9 Å². The number of hydrogen-bond donors (Lipinski definition) is 2. The second kappa shape index (κ2) is 5.99. The fraction of sp³-hybridized carbons (Fsp3) is 0.0667. The van der Waals surface area contributed by atoms with E-state index in [4.69, 9.17) is 5.11 Å². The summed E-state index contributed by atoms with van der Waals surface area (Å²) in [4.78, 5) is 23.1. The summed E-state index contributed by atoms with van der Waals surface area (Å²) in [6.45, 7) is -0.00632. The molecule has 0 aromatic heterocycles. The number of hydrogen-bond acceptors (Lipinski definition) is 3. The Kier molecular flexibility index (Phi) is 4.12. The van der Waals surface area contributed by atoms with E-state index in [9.17, 15) is 14.8 Å². The molecule has 0 aliphatic carbocycles. The van der Waals surface area contributed by atoms with Crippen LogP contribution in [0.4, 0.5) is 0 Å². The molecule has 2 N–H and O–H groups in total. The van der Waals surface area contributed by atoms with Crippen molar-refractivity contribution in [3.8, 4) is 0 Å². The molecule has 2 aromatic rings. The summed E-state index contributed by atoms with van der Waals surface area (Å²) in [6, 6.07) is 14.7. The van der Waals surface area contributed by atoms with Crippen molar-refractivity contribution in [1.29, 1.82) is 0 Å². The Morgan fingerprint density at radius 1 is 0.900 bits per heavy atom. The Labute approximate surface area is 115 Å². The van der Waals surface area contributed by atoms with Gasteiger partial charge in [-0.05, 0) is 17.7 Å². The standard InChI is InChI=1S/C15H13NO4/c17-14(12-8-4-5-9-13(12)15(18)19)16(20)10-11-6-2-1-3-7-11/h1-9,20H,10H2,(H,18,19). The van der Waals surface area contributed by atoms with E-state index in [-0.39, 0.29) is 17.7 Å². The van der Waals surface area contributed by atoms with Gasteiger partial charge in [0.1, 0.15) is 0 Å². The zero-order valence-electron chi connectivity index (χ0n) is 10.6. The minimum absolute atomic E-state index is 0.00632. The molecule has 0 saturated heterocycles. The number of amides is 1. The lowest BCUT2D eigenvalue weighted by molar-refractivity contribution is -0.0648. The third kappa shape index (κ3) is 3.02. The number of nitrogens with zero attached hydrogens (tertiary/aromatic N) is 1. The molecule has 0 spiro atoms. The molecule has 0 bridgehead atoms. The third-order valence-corrected chi connectivity index (χ3v) is 2.80. The normalized spacial score (nSPS) is 10.1. The number of rotatable bonds is 4. The van der Waals surface area contributed by atoms with Crippen LogP contribution < -0.4 is 0 Å². The Hall–Kier alpha value is -2.66. The molecule has 2 aromatic carbocycles. The van der Waals surface area contributed by atoms with Gasteiger partial charge in [-0.25, -0.2) is 9.86 Å². The number of carboxylic acids is 1. The zero-order chi connectivity index (χ0) is 14.5. The van der Waals surface area contributed by atoms with E-state index in [0.717, 1.165) is 5.56 Å². The first-order valence-electron chi connectivity index (χ1n) is 5.96. The molecule has 0 fully saturated rings. The number of carbonyl (C=O) groups is 2. The van der Waals surface area contributed by atoms with E-state index in [0.29, 0.717) is 5.06 Å². The van der Waals surface area contributed by atoms with Gasteiger partial charge in [0, 0.05) is 0 Å². The highest BCUT2D eigenvalue weighted by Crippen LogP contribution is 2.13. The summed E-state index contributed by atoms with van der Waals surface area (Å²) >= 11 is 0. The molecule has 1 amide bonds. The van der Waals surface area contributed by atoms with Crippen molar-refractivity contribution in [2.24, 2.45) is 0 Å². The van der Waals surface area contributed by atoms with Crippen molar-refractivity contribution < 1.29 is 19.9 Å². The number of benzene rings is 2. The lowest BCUT2D eigenvalue weighted by atomic mass is 10.1. The van der Waals surface area contributed by atoms with Gasteiger partial charge in [0.05, 0.1) is 17.7 Å². The van der Waals surface area contributed by atoms with Crippen molar-refractivity contribution in [3.63, 3.8) is 0 Å². The van der Waals surface area contributed by atoms with Crippen LogP contribution >= 0.6 is 0 Å². The highest BCUT2D eigenvalue weighted by molar-refractivity contribution is 6.04. The van der Waals surface area contributed by atoms with Gasteiger partial charge in [0.15, 0.2) is 0 Å². The summed E-state index contributed by atoms with van der Waals surface area (Å²) in [5.74, 6) is -1.95. The van der Waals surface area contributed by atoms with Crippen LogP contribution in [0.3, 0.4) is 0 Å². The van der Waals surface area contributed by atoms with E-state index in [1.165, 1.54) is 18.2 Å². The quantitative estimate of drug-likeness (QED) is 0.661. The van der Waals surface area contributed by atoms with Crippen molar-refractivity contribution in [2.75, 3.05) is 0 Å². The summed E-state index contributed by atoms with van der Waals surface area (Å²) in [5, 5.41) is 19.4. The average Bonchev–Trinajstić information content (AvgIpc) is 2.47. The molecular weight excluding hydrogens is 258 g/mol. The highest BCUT2D eigenvalue weighted by atomic mass is 16.5. The van der Waals surface area contributed by atoms with Crippen LogP contribution in [0.25, 0.3) is 0 Å². The molecule has 2 rings (SSSR count). The minimum atomic E-state index is -1.21. The van der Waals surface area contributed by atoms with Crippen molar-refractivity contribution in [1.82, 2.24) is 5.06 Å². The third-order valence-electron chi connectivity index (χ3n) is 2.80. The second-order valence-corrected chi connectivity index (χ2v) is 4.20. The van der Waals surface area contributed by atoms with E-state index in [1.54, 1.807) is 30.3 Å². The first-order valence-corrected chi connectivity index (χ1v) is 5.96. The predicted octanol–water partition coefficient (Wildman–Crippen LogP) is 2.42. The Morgan fingerprint density at radius 2 is 1.45 bits per heavy atom. The fourth-order valence-corrected chi connectivity index (χ4v) is 1.82. The minimum Gasteiger partial charge on any atom is -0.478 e. The molecule has 0 saturated carbocycles. The van der Waals surface area contributed by atoms with Crippen LogP contribution in [0, 0.1) is 0 Å². The molecule has 0 aliphatic rings. The van der Waals surface area contributed by atoms with Gasteiger partial charge in [-0.15, -0.1) is 0 Å². The van der Waals surface area contributed by atoms with Crippen LogP contribution in [0.5, 0.6) is 0 Å². The maximum Gasteiger partial charge on any atom is 0.336 e. The van der Waals surface area contributed by atoms with Crippen LogP contribution in [0.15, 0.2) is 54.6 Å². The van der Waals surface area contributed by atoms with Crippen LogP contribution in [-0.4, -0.2) is 27.3 Å². The predicted molar refractivity (Wildman–Crippen MR) is 71.5 cm³/mol. The largest absolute Gasteiger partial charge is 0.478 e. The van der Waals surface area contributed by atoms with Gasteiger partial charge in [0.25, 0.3) is 5.91 Å². The lowest BCUT2D eigenvalue weighted by Gasteiger charge is -2.16. The maximum absolute atomic E-state index is 12.1. The molecule has 0 aliphatic heterocycles. The van der Waals surface area contributed by atoms with Gasteiger partial charge < -0.3 is 5.11 Å². The van der Waals surface area contributed by atoms with Gasteiger partial charge in [-0.2, -0.15) is 0 Å². The number of carbonyl (C=O) groups excluding carboxylic acids is 1. The van der Waals surface area contributed by atoms with Gasteiger partial charge in [0.2, 0.25) is 0 Å². The SMILES string of the molecule is O=C(O)c1ccccc1C(=O)N(O)Cc1ccccc1. The average molecular weight is 271 g/mol. The van der Waals surface area contributed by atoms with E-state index in [1.807, 2.05) is 6.07 Å². The molecule has 0 radical (unpaired) electrons. The molecule has 0 heterocycles. The summed E-state index contributed by atoms with van der Waals surface area (Å²) in [6.07, 6.45) is 0. The van der Waals surface area contributed by atoms with E-state index >= 15 is 0 Å². The Bertz CT molecular complexity index is 625. The summed E-state index contributed by atoms with van der Waals surface area (Å²) in [7, 11) is 0. The second-order valence-electron chi connectivity index (χ2n) is 4.20. The van der Waals surface area contributed by atoms with E-state index in [2.05, 4.69) is 0 Å². The number of carboxylic acid groups (broad SMARTS) is 1.